The summed E-state index contributed by atoms with van der Waals surface area (Å²) in [5.41, 5.74) is 0. The summed E-state index contributed by atoms with van der Waals surface area (Å²) >= 11 is 1.31. The lowest BCUT2D eigenvalue weighted by Gasteiger charge is -2.20. The summed E-state index contributed by atoms with van der Waals surface area (Å²) in [4.78, 5) is 12.1. The van der Waals surface area contributed by atoms with Crippen LogP contribution in [0.3, 0.4) is 0 Å². The molecule has 1 aromatic rings. The van der Waals surface area contributed by atoms with Gasteiger partial charge in [0, 0.05) is 6.54 Å². The largest absolute Gasteiger partial charge is 0.299 e. The zero-order chi connectivity index (χ0) is 14.0. The molecule has 1 aromatic heterocycles. The van der Waals surface area contributed by atoms with Crippen LogP contribution in [0.1, 0.15) is 24.8 Å². The summed E-state index contributed by atoms with van der Waals surface area (Å²) in [5.74, 6) is -0.332. The van der Waals surface area contributed by atoms with Crippen molar-refractivity contribution in [3.8, 4) is 0 Å². The summed E-state index contributed by atoms with van der Waals surface area (Å²) in [5, 5.41) is 11.7. The Morgan fingerprint density at radius 1 is 1.53 bits per heavy atom. The Hall–Kier alpha value is -1.06. The van der Waals surface area contributed by atoms with Crippen molar-refractivity contribution in [3.63, 3.8) is 0 Å². The number of sulfonamides is 1. The van der Waals surface area contributed by atoms with E-state index in [1.54, 1.807) is 0 Å². The quantitative estimate of drug-likeness (QED) is 0.872. The molecule has 0 radical (unpaired) electrons. The minimum absolute atomic E-state index is 0.332. The van der Waals surface area contributed by atoms with Gasteiger partial charge < -0.3 is 0 Å². The normalized spacial score (nSPS) is 20.6. The highest BCUT2D eigenvalue weighted by molar-refractivity contribution is 7.88. The van der Waals surface area contributed by atoms with Crippen molar-refractivity contribution in [2.24, 2.45) is 0 Å². The first kappa shape index (κ1) is 14.4. The van der Waals surface area contributed by atoms with Crippen LogP contribution < -0.4 is 5.32 Å². The lowest BCUT2D eigenvalue weighted by molar-refractivity contribution is -0.119. The van der Waals surface area contributed by atoms with Gasteiger partial charge in [-0.05, 0) is 19.3 Å². The van der Waals surface area contributed by atoms with Gasteiger partial charge in [0.15, 0.2) is 0 Å². The number of hydrogen-bond acceptors (Lipinski definition) is 6. The van der Waals surface area contributed by atoms with Gasteiger partial charge in [0.25, 0.3) is 0 Å². The monoisotopic (exact) mass is 304 g/mol. The molecule has 1 atom stereocenters. The van der Waals surface area contributed by atoms with Gasteiger partial charge in [0.05, 0.1) is 6.26 Å². The zero-order valence-corrected chi connectivity index (χ0v) is 12.4. The van der Waals surface area contributed by atoms with Crippen molar-refractivity contribution >= 4 is 32.4 Å². The van der Waals surface area contributed by atoms with E-state index in [1.807, 2.05) is 6.92 Å². The predicted octanol–water partition coefficient (Wildman–Crippen LogP) is 0.463. The van der Waals surface area contributed by atoms with Crippen molar-refractivity contribution in [1.82, 2.24) is 14.5 Å². The fourth-order valence-electron chi connectivity index (χ4n) is 2.03. The first-order valence-electron chi connectivity index (χ1n) is 6.02. The van der Waals surface area contributed by atoms with E-state index >= 15 is 0 Å². The molecule has 0 unspecified atom stereocenters. The molecule has 106 valence electrons. The molecule has 0 aliphatic carbocycles. The number of aryl methyl sites for hydroxylation is 1. The second-order valence-electron chi connectivity index (χ2n) is 4.38. The summed E-state index contributed by atoms with van der Waals surface area (Å²) in [6.07, 6.45) is 3.12. The number of carbonyl (C=O) groups is 1. The number of carbonyl (C=O) groups excluding carboxylic acids is 1. The van der Waals surface area contributed by atoms with E-state index in [2.05, 4.69) is 15.5 Å². The molecule has 9 heteroatoms. The first-order valence-corrected chi connectivity index (χ1v) is 8.68. The smallest absolute Gasteiger partial charge is 0.244 e. The number of nitrogens with zero attached hydrogens (tertiary/aromatic N) is 3. The molecule has 1 aliphatic heterocycles. The third-order valence-corrected chi connectivity index (χ3v) is 5.20. The standard InChI is InChI=1S/C10H16N4O3S2/c1-3-8-12-13-10(18-8)11-9(15)7-5-4-6-14(7)19(2,16)17/h7H,3-6H2,1-2H3,(H,11,13,15)/t7-/m1/s1. The fourth-order valence-corrected chi connectivity index (χ4v) is 3.84. The maximum atomic E-state index is 12.1. The highest BCUT2D eigenvalue weighted by Gasteiger charge is 2.36. The number of aromatic nitrogens is 2. The van der Waals surface area contributed by atoms with Crippen LogP contribution in [0.2, 0.25) is 0 Å². The van der Waals surface area contributed by atoms with E-state index < -0.39 is 16.1 Å². The van der Waals surface area contributed by atoms with Gasteiger partial charge in [0.1, 0.15) is 11.0 Å². The Kier molecular flexibility index (Phi) is 4.16. The minimum Gasteiger partial charge on any atom is -0.299 e. The van der Waals surface area contributed by atoms with E-state index in [0.717, 1.165) is 17.7 Å². The number of anilines is 1. The van der Waals surface area contributed by atoms with E-state index in [0.29, 0.717) is 24.5 Å². The van der Waals surface area contributed by atoms with Crippen LogP contribution >= 0.6 is 11.3 Å². The van der Waals surface area contributed by atoms with Crippen LogP contribution in [-0.2, 0) is 21.2 Å². The van der Waals surface area contributed by atoms with E-state index in [4.69, 9.17) is 0 Å². The van der Waals surface area contributed by atoms with Crippen LogP contribution in [0.4, 0.5) is 5.13 Å². The highest BCUT2D eigenvalue weighted by atomic mass is 32.2. The van der Waals surface area contributed by atoms with Crippen molar-refractivity contribution in [3.05, 3.63) is 5.01 Å². The summed E-state index contributed by atoms with van der Waals surface area (Å²) in [7, 11) is -3.35. The third kappa shape index (κ3) is 3.28. The molecule has 0 saturated carbocycles. The molecule has 19 heavy (non-hydrogen) atoms. The van der Waals surface area contributed by atoms with Crippen LogP contribution in [0.5, 0.6) is 0 Å². The van der Waals surface area contributed by atoms with Crippen molar-refractivity contribution in [1.29, 1.82) is 0 Å². The lowest BCUT2D eigenvalue weighted by atomic mass is 10.2. The van der Waals surface area contributed by atoms with Crippen molar-refractivity contribution in [2.75, 3.05) is 18.1 Å². The van der Waals surface area contributed by atoms with E-state index in [-0.39, 0.29) is 5.91 Å². The summed E-state index contributed by atoms with van der Waals surface area (Å²) in [6.45, 7) is 2.35. The fraction of sp³-hybridized carbons (Fsp3) is 0.700. The molecule has 0 spiro atoms. The van der Waals surface area contributed by atoms with Crippen molar-refractivity contribution < 1.29 is 13.2 Å². The molecule has 1 aliphatic rings. The Bertz CT molecular complexity index is 569. The molecule has 1 saturated heterocycles. The number of nitrogens with one attached hydrogen (secondary N) is 1. The second-order valence-corrected chi connectivity index (χ2v) is 7.37. The SMILES string of the molecule is CCc1nnc(NC(=O)[C@H]2CCCN2S(C)(=O)=O)s1. The molecule has 1 amide bonds. The van der Waals surface area contributed by atoms with Gasteiger partial charge in [-0.15, -0.1) is 10.2 Å². The minimum atomic E-state index is -3.35. The van der Waals surface area contributed by atoms with Crippen LogP contribution in [0.15, 0.2) is 0 Å². The Labute approximate surface area is 116 Å². The predicted molar refractivity (Wildman–Crippen MR) is 72.5 cm³/mol. The maximum absolute atomic E-state index is 12.1. The number of hydrogen-bond donors (Lipinski definition) is 1. The van der Waals surface area contributed by atoms with Gasteiger partial charge >= 0.3 is 0 Å². The highest BCUT2D eigenvalue weighted by Crippen LogP contribution is 2.23. The topological polar surface area (TPSA) is 92.3 Å². The molecule has 2 heterocycles. The van der Waals surface area contributed by atoms with Gasteiger partial charge in [-0.1, -0.05) is 18.3 Å². The first-order chi connectivity index (χ1) is 8.91. The van der Waals surface area contributed by atoms with Gasteiger partial charge in [-0.2, -0.15) is 4.31 Å². The Morgan fingerprint density at radius 3 is 2.84 bits per heavy atom. The third-order valence-electron chi connectivity index (χ3n) is 2.93. The maximum Gasteiger partial charge on any atom is 0.244 e. The molecule has 0 bridgehead atoms. The average Bonchev–Trinajstić information content (AvgIpc) is 2.95. The Balaban J connectivity index is 2.07. The van der Waals surface area contributed by atoms with E-state index in [1.165, 1.54) is 15.6 Å². The molecule has 7 nitrogen and oxygen atoms in total. The summed E-state index contributed by atoms with van der Waals surface area (Å²) < 4.78 is 24.4. The molecule has 2 rings (SSSR count). The molecule has 1 N–H and O–H groups in total. The number of rotatable bonds is 4. The molecule has 0 aromatic carbocycles. The van der Waals surface area contributed by atoms with Gasteiger partial charge in [-0.25, -0.2) is 8.42 Å². The van der Waals surface area contributed by atoms with Gasteiger partial charge in [-0.3, -0.25) is 10.1 Å². The zero-order valence-electron chi connectivity index (χ0n) is 10.8. The van der Waals surface area contributed by atoms with Crippen LogP contribution in [-0.4, -0.2) is 47.7 Å². The molecule has 1 fully saturated rings. The van der Waals surface area contributed by atoms with Gasteiger partial charge in [0.2, 0.25) is 21.1 Å². The van der Waals surface area contributed by atoms with Crippen molar-refractivity contribution in [2.45, 2.75) is 32.2 Å². The molecular weight excluding hydrogens is 288 g/mol. The lowest BCUT2D eigenvalue weighted by Crippen LogP contribution is -2.42. The summed E-state index contributed by atoms with van der Waals surface area (Å²) in [6, 6.07) is -0.635. The number of amides is 1. The van der Waals surface area contributed by atoms with Crippen LogP contribution in [0.25, 0.3) is 0 Å². The second kappa shape index (κ2) is 5.51. The Morgan fingerprint density at radius 2 is 2.26 bits per heavy atom. The average molecular weight is 304 g/mol. The van der Waals surface area contributed by atoms with E-state index in [9.17, 15) is 13.2 Å². The van der Waals surface area contributed by atoms with Crippen LogP contribution in [0, 0.1) is 0 Å². The molecular formula is C10H16N4O3S2.